The van der Waals surface area contributed by atoms with Gasteiger partial charge in [0.1, 0.15) is 5.75 Å². The molecule has 3 aliphatic rings. The van der Waals surface area contributed by atoms with Crippen LogP contribution in [0.5, 0.6) is 5.75 Å². The number of fused-ring (bicyclic) bond motifs is 1. The summed E-state index contributed by atoms with van der Waals surface area (Å²) >= 11 is 1.89. The fraction of sp³-hybridized carbons (Fsp3) is 0.545. The number of hydrogen-bond donors (Lipinski definition) is 1. The molecule has 1 saturated carbocycles. The van der Waals surface area contributed by atoms with Gasteiger partial charge in [-0.1, -0.05) is 25.0 Å². The third-order valence-corrected chi connectivity index (χ3v) is 8.10. The zero-order chi connectivity index (χ0) is 16.9. The summed E-state index contributed by atoms with van der Waals surface area (Å²) in [6.45, 7) is 2.42. The molecule has 1 saturated heterocycles. The zero-order valence-corrected chi connectivity index (χ0v) is 16.8. The highest BCUT2D eigenvalue weighted by Gasteiger charge is 2.53. The average Bonchev–Trinajstić information content (AvgIpc) is 3.15. The number of likely N-dealkylation sites (tertiary alicyclic amines) is 1. The van der Waals surface area contributed by atoms with Gasteiger partial charge >= 0.3 is 0 Å². The van der Waals surface area contributed by atoms with Crippen molar-refractivity contribution in [2.45, 2.75) is 56.4 Å². The molecule has 1 N–H and O–H groups in total. The molecule has 0 radical (unpaired) electrons. The van der Waals surface area contributed by atoms with Crippen molar-refractivity contribution in [1.82, 2.24) is 4.90 Å². The molecule has 140 valence electrons. The van der Waals surface area contributed by atoms with E-state index in [1.165, 1.54) is 74.0 Å². The van der Waals surface area contributed by atoms with Crippen LogP contribution in [0.1, 0.15) is 48.1 Å². The van der Waals surface area contributed by atoms with Crippen LogP contribution in [0.3, 0.4) is 0 Å². The van der Waals surface area contributed by atoms with E-state index in [1.807, 2.05) is 17.4 Å². The van der Waals surface area contributed by atoms with Crippen LogP contribution < -0.4 is 0 Å². The van der Waals surface area contributed by atoms with Crippen LogP contribution in [0.4, 0.5) is 0 Å². The number of halogens is 1. The molecular weight excluding hydrogens is 362 g/mol. The summed E-state index contributed by atoms with van der Waals surface area (Å²) in [4.78, 5) is 4.31. The minimum absolute atomic E-state index is 0. The Hall–Kier alpha value is -1.03. The van der Waals surface area contributed by atoms with Crippen molar-refractivity contribution < 1.29 is 5.11 Å². The van der Waals surface area contributed by atoms with Crippen molar-refractivity contribution in [2.75, 3.05) is 13.1 Å². The normalized spacial score (nSPS) is 30.2. The first-order valence-electron chi connectivity index (χ1n) is 9.85. The Bertz CT molecular complexity index is 762. The van der Waals surface area contributed by atoms with Gasteiger partial charge in [-0.15, -0.1) is 23.7 Å². The Morgan fingerprint density at radius 1 is 1.19 bits per heavy atom. The summed E-state index contributed by atoms with van der Waals surface area (Å²) in [5.41, 5.74) is 3.34. The number of benzene rings is 1. The highest BCUT2D eigenvalue weighted by molar-refractivity contribution is 7.09. The SMILES string of the molecule is Cl.Oc1ccc2c(c1)[C@]13CCCC[C@H]1[C@H](C2)N(CCc1cccs1)CC3. The predicted octanol–water partition coefficient (Wildman–Crippen LogP) is 5.18. The molecule has 2 bridgehead atoms. The first kappa shape index (κ1) is 18.3. The van der Waals surface area contributed by atoms with Crippen molar-refractivity contribution in [2.24, 2.45) is 5.92 Å². The Morgan fingerprint density at radius 2 is 2.12 bits per heavy atom. The lowest BCUT2D eigenvalue weighted by atomic mass is 9.52. The number of piperidine rings is 1. The molecule has 3 atom stereocenters. The number of hydrogen-bond acceptors (Lipinski definition) is 3. The standard InChI is InChI=1S/C22H27NOS.ClH/c24-17-7-6-16-14-21-19-5-1-2-9-22(19,20(16)15-17)10-12-23(21)11-8-18-4-3-13-25-18;/h3-4,6-7,13,15,19,21,24H,1-2,5,8-12,14H2;1H/t19-,21-,22-;/m0./s1. The second-order valence-corrected chi connectivity index (χ2v) is 9.27. The Balaban J connectivity index is 0.00000168. The van der Waals surface area contributed by atoms with Crippen LogP contribution in [-0.2, 0) is 18.3 Å². The fourth-order valence-electron chi connectivity index (χ4n) is 6.06. The predicted molar refractivity (Wildman–Crippen MR) is 111 cm³/mol. The Kier molecular flexibility index (Phi) is 5.06. The highest BCUT2D eigenvalue weighted by atomic mass is 35.5. The van der Waals surface area contributed by atoms with Gasteiger partial charge < -0.3 is 5.11 Å². The maximum Gasteiger partial charge on any atom is 0.115 e. The second kappa shape index (κ2) is 7.18. The lowest BCUT2D eigenvalue weighted by molar-refractivity contribution is -0.0106. The maximum absolute atomic E-state index is 10.1. The van der Waals surface area contributed by atoms with Crippen molar-refractivity contribution >= 4 is 23.7 Å². The van der Waals surface area contributed by atoms with Crippen LogP contribution in [0.2, 0.25) is 0 Å². The van der Waals surface area contributed by atoms with Crippen molar-refractivity contribution in [3.63, 3.8) is 0 Å². The molecule has 1 aromatic heterocycles. The third-order valence-electron chi connectivity index (χ3n) is 7.16. The Morgan fingerprint density at radius 3 is 2.96 bits per heavy atom. The van der Waals surface area contributed by atoms with E-state index >= 15 is 0 Å². The van der Waals surface area contributed by atoms with Gasteiger partial charge in [-0.25, -0.2) is 0 Å². The topological polar surface area (TPSA) is 23.5 Å². The maximum atomic E-state index is 10.1. The molecule has 4 heteroatoms. The molecule has 1 aliphatic heterocycles. The van der Waals surface area contributed by atoms with E-state index in [9.17, 15) is 5.11 Å². The van der Waals surface area contributed by atoms with E-state index in [1.54, 1.807) is 0 Å². The fourth-order valence-corrected chi connectivity index (χ4v) is 6.76. The van der Waals surface area contributed by atoms with Gasteiger partial charge in [0.2, 0.25) is 0 Å². The van der Waals surface area contributed by atoms with Gasteiger partial charge in [-0.05, 0) is 79.3 Å². The molecule has 2 aromatic rings. The van der Waals surface area contributed by atoms with E-state index in [2.05, 4.69) is 34.5 Å². The van der Waals surface area contributed by atoms with Crippen molar-refractivity contribution in [3.8, 4) is 5.75 Å². The number of phenols is 1. The average molecular weight is 390 g/mol. The van der Waals surface area contributed by atoms with Gasteiger partial charge in [0.05, 0.1) is 0 Å². The highest BCUT2D eigenvalue weighted by Crippen LogP contribution is 2.56. The molecule has 2 aliphatic carbocycles. The van der Waals surface area contributed by atoms with Crippen LogP contribution in [0.15, 0.2) is 35.7 Å². The van der Waals surface area contributed by atoms with Crippen LogP contribution in [0, 0.1) is 5.92 Å². The van der Waals surface area contributed by atoms with Crippen LogP contribution in [-0.4, -0.2) is 29.1 Å². The minimum atomic E-state index is 0. The lowest BCUT2D eigenvalue weighted by Crippen LogP contribution is -2.61. The Labute approximate surface area is 166 Å². The lowest BCUT2D eigenvalue weighted by Gasteiger charge is -2.59. The summed E-state index contributed by atoms with van der Waals surface area (Å²) in [6.07, 6.45) is 9.07. The first-order chi connectivity index (χ1) is 12.3. The van der Waals surface area contributed by atoms with E-state index in [0.29, 0.717) is 17.2 Å². The molecule has 0 unspecified atom stereocenters. The molecule has 0 amide bonds. The number of nitrogens with zero attached hydrogens (tertiary/aromatic N) is 1. The number of rotatable bonds is 3. The van der Waals surface area contributed by atoms with Gasteiger partial charge in [-0.3, -0.25) is 4.90 Å². The van der Waals surface area contributed by atoms with E-state index in [-0.39, 0.29) is 12.4 Å². The number of thiophene rings is 1. The quantitative estimate of drug-likeness (QED) is 0.782. The molecule has 2 nitrogen and oxygen atoms in total. The summed E-state index contributed by atoms with van der Waals surface area (Å²) in [5.74, 6) is 1.24. The smallest absolute Gasteiger partial charge is 0.115 e. The van der Waals surface area contributed by atoms with Crippen LogP contribution >= 0.6 is 23.7 Å². The number of aromatic hydroxyl groups is 1. The van der Waals surface area contributed by atoms with Crippen molar-refractivity contribution in [3.05, 3.63) is 51.7 Å². The van der Waals surface area contributed by atoms with E-state index in [4.69, 9.17) is 0 Å². The van der Waals surface area contributed by atoms with Crippen molar-refractivity contribution in [1.29, 1.82) is 0 Å². The third kappa shape index (κ3) is 2.89. The summed E-state index contributed by atoms with van der Waals surface area (Å²) < 4.78 is 0. The zero-order valence-electron chi connectivity index (χ0n) is 15.2. The molecule has 2 fully saturated rings. The molecule has 0 spiro atoms. The monoisotopic (exact) mass is 389 g/mol. The molecule has 26 heavy (non-hydrogen) atoms. The van der Waals surface area contributed by atoms with Gasteiger partial charge in [0.15, 0.2) is 0 Å². The first-order valence-corrected chi connectivity index (χ1v) is 10.7. The minimum Gasteiger partial charge on any atom is -0.508 e. The molecule has 2 heterocycles. The molecular formula is C22H28ClNOS. The number of phenolic OH excluding ortho intramolecular Hbond substituents is 1. The summed E-state index contributed by atoms with van der Waals surface area (Å²) in [7, 11) is 0. The molecule has 1 aromatic carbocycles. The summed E-state index contributed by atoms with van der Waals surface area (Å²) in [5, 5.41) is 12.3. The van der Waals surface area contributed by atoms with Gasteiger partial charge in [-0.2, -0.15) is 0 Å². The van der Waals surface area contributed by atoms with E-state index in [0.717, 1.165) is 5.92 Å². The molecule has 5 rings (SSSR count). The van der Waals surface area contributed by atoms with Gasteiger partial charge in [0.25, 0.3) is 0 Å². The largest absolute Gasteiger partial charge is 0.508 e. The van der Waals surface area contributed by atoms with E-state index < -0.39 is 0 Å². The van der Waals surface area contributed by atoms with Crippen LogP contribution in [0.25, 0.3) is 0 Å². The van der Waals surface area contributed by atoms with Gasteiger partial charge in [0, 0.05) is 22.9 Å². The summed E-state index contributed by atoms with van der Waals surface area (Å²) in [6, 6.07) is 11.3. The second-order valence-electron chi connectivity index (χ2n) is 8.24.